The van der Waals surface area contributed by atoms with Crippen molar-refractivity contribution >= 4 is 11.9 Å². The maximum Gasteiger partial charge on any atom is 0.311 e. The number of nitrogens with zero attached hydrogens (tertiary/aromatic N) is 1. The lowest BCUT2D eigenvalue weighted by Gasteiger charge is -2.25. The zero-order valence-electron chi connectivity index (χ0n) is 13.6. The van der Waals surface area contributed by atoms with E-state index in [1.54, 1.807) is 12.0 Å². The minimum atomic E-state index is -0.743. The van der Waals surface area contributed by atoms with Gasteiger partial charge >= 0.3 is 5.97 Å². The molecule has 1 unspecified atom stereocenters. The molecule has 1 aliphatic heterocycles. The molecular weight excluding hydrogens is 294 g/mol. The highest BCUT2D eigenvalue weighted by molar-refractivity contribution is 5.85. The fourth-order valence-corrected chi connectivity index (χ4v) is 4.12. The average molecular weight is 317 g/mol. The second-order valence-electron chi connectivity index (χ2n) is 6.76. The SMILES string of the molecule is COc1ccc(C(C)C(=O)N2C[C@@H]3CCC[C@@]3(C(=O)O)C2)cc1. The number of carboxylic acids is 1. The Bertz CT molecular complexity index is 612. The van der Waals surface area contributed by atoms with Crippen LogP contribution in [0.1, 0.15) is 37.7 Å². The fraction of sp³-hybridized carbons (Fsp3) is 0.556. The van der Waals surface area contributed by atoms with Crippen LogP contribution in [0.2, 0.25) is 0 Å². The molecule has 0 bridgehead atoms. The number of ether oxygens (including phenoxy) is 1. The van der Waals surface area contributed by atoms with Crippen LogP contribution in [-0.2, 0) is 9.59 Å². The molecule has 1 amide bonds. The molecule has 0 radical (unpaired) electrons. The summed E-state index contributed by atoms with van der Waals surface area (Å²) in [5.74, 6) is -0.135. The Morgan fingerprint density at radius 3 is 2.61 bits per heavy atom. The first kappa shape index (κ1) is 15.8. The number of carbonyl (C=O) groups excluding carboxylic acids is 1. The number of carboxylic acid groups (broad SMARTS) is 1. The lowest BCUT2D eigenvalue weighted by atomic mass is 9.81. The van der Waals surface area contributed by atoms with Crippen LogP contribution in [0.3, 0.4) is 0 Å². The van der Waals surface area contributed by atoms with Crippen LogP contribution in [0.15, 0.2) is 24.3 Å². The van der Waals surface area contributed by atoms with E-state index in [4.69, 9.17) is 4.74 Å². The van der Waals surface area contributed by atoms with Crippen molar-refractivity contribution in [2.45, 2.75) is 32.1 Å². The molecular formula is C18H23NO4. The predicted octanol–water partition coefficient (Wildman–Crippen LogP) is 2.51. The lowest BCUT2D eigenvalue weighted by molar-refractivity contribution is -0.149. The highest BCUT2D eigenvalue weighted by atomic mass is 16.5. The molecule has 23 heavy (non-hydrogen) atoms. The van der Waals surface area contributed by atoms with Crippen molar-refractivity contribution in [3.8, 4) is 5.75 Å². The Morgan fingerprint density at radius 2 is 2.04 bits per heavy atom. The van der Waals surface area contributed by atoms with E-state index in [0.717, 1.165) is 24.2 Å². The second-order valence-corrected chi connectivity index (χ2v) is 6.76. The second kappa shape index (κ2) is 5.87. The van der Waals surface area contributed by atoms with Crippen molar-refractivity contribution in [2.24, 2.45) is 11.3 Å². The Hall–Kier alpha value is -2.04. The monoisotopic (exact) mass is 317 g/mol. The van der Waals surface area contributed by atoms with Gasteiger partial charge in [-0.3, -0.25) is 9.59 Å². The normalized spacial score (nSPS) is 27.6. The van der Waals surface area contributed by atoms with Crippen LogP contribution < -0.4 is 4.74 Å². The van der Waals surface area contributed by atoms with Crippen molar-refractivity contribution in [1.29, 1.82) is 0 Å². The van der Waals surface area contributed by atoms with Crippen LogP contribution in [-0.4, -0.2) is 42.1 Å². The topological polar surface area (TPSA) is 66.8 Å². The molecule has 1 aromatic rings. The zero-order valence-corrected chi connectivity index (χ0v) is 13.6. The van der Waals surface area contributed by atoms with E-state index in [1.165, 1.54) is 0 Å². The summed E-state index contributed by atoms with van der Waals surface area (Å²) in [5, 5.41) is 9.64. The Labute approximate surface area is 136 Å². The molecule has 2 fully saturated rings. The van der Waals surface area contributed by atoms with E-state index in [9.17, 15) is 14.7 Å². The van der Waals surface area contributed by atoms with E-state index in [2.05, 4.69) is 0 Å². The van der Waals surface area contributed by atoms with Gasteiger partial charge in [0.2, 0.25) is 5.91 Å². The van der Waals surface area contributed by atoms with E-state index in [-0.39, 0.29) is 17.7 Å². The van der Waals surface area contributed by atoms with Crippen molar-refractivity contribution in [2.75, 3.05) is 20.2 Å². The van der Waals surface area contributed by atoms with Gasteiger partial charge in [-0.15, -0.1) is 0 Å². The molecule has 5 nitrogen and oxygen atoms in total. The van der Waals surface area contributed by atoms with Crippen LogP contribution in [0.4, 0.5) is 0 Å². The smallest absolute Gasteiger partial charge is 0.311 e. The van der Waals surface area contributed by atoms with E-state index < -0.39 is 11.4 Å². The first-order valence-electron chi connectivity index (χ1n) is 8.14. The zero-order chi connectivity index (χ0) is 16.6. The van der Waals surface area contributed by atoms with Crippen LogP contribution in [0, 0.1) is 11.3 Å². The van der Waals surface area contributed by atoms with Gasteiger partial charge in [-0.25, -0.2) is 0 Å². The van der Waals surface area contributed by atoms with Gasteiger partial charge in [0.05, 0.1) is 18.4 Å². The average Bonchev–Trinajstić information content (AvgIpc) is 3.11. The predicted molar refractivity (Wildman–Crippen MR) is 85.4 cm³/mol. The summed E-state index contributed by atoms with van der Waals surface area (Å²) in [4.78, 5) is 26.3. The van der Waals surface area contributed by atoms with Crippen LogP contribution in [0.25, 0.3) is 0 Å². The summed E-state index contributed by atoms with van der Waals surface area (Å²) in [5.41, 5.74) is 0.215. The number of methoxy groups -OCH3 is 1. The highest BCUT2D eigenvalue weighted by Gasteiger charge is 2.56. The fourth-order valence-electron chi connectivity index (χ4n) is 4.12. The van der Waals surface area contributed by atoms with Gasteiger partial charge in [-0.1, -0.05) is 18.6 Å². The summed E-state index contributed by atoms with van der Waals surface area (Å²) in [6, 6.07) is 7.48. The number of amides is 1. The van der Waals surface area contributed by atoms with Gasteiger partial charge in [-0.05, 0) is 43.4 Å². The number of hydrogen-bond acceptors (Lipinski definition) is 3. The molecule has 5 heteroatoms. The summed E-state index contributed by atoms with van der Waals surface area (Å²) >= 11 is 0. The number of carbonyl (C=O) groups is 2. The summed E-state index contributed by atoms with van der Waals surface area (Å²) in [7, 11) is 1.61. The lowest BCUT2D eigenvalue weighted by Crippen LogP contribution is -2.38. The van der Waals surface area contributed by atoms with Gasteiger partial charge in [0, 0.05) is 13.1 Å². The molecule has 3 atom stereocenters. The minimum Gasteiger partial charge on any atom is -0.497 e. The maximum atomic E-state index is 12.8. The molecule has 0 aromatic heterocycles. The molecule has 0 spiro atoms. The van der Waals surface area contributed by atoms with Gasteiger partial charge in [0.25, 0.3) is 0 Å². The van der Waals surface area contributed by atoms with Crippen LogP contribution in [0.5, 0.6) is 5.75 Å². The standard InChI is InChI=1S/C18H23NO4/c1-12(13-5-7-15(23-2)8-6-13)16(20)19-10-14-4-3-9-18(14,11-19)17(21)22/h5-8,12,14H,3-4,9-11H2,1-2H3,(H,21,22)/t12?,14-,18+/m0/s1. The van der Waals surface area contributed by atoms with Gasteiger partial charge in [0.1, 0.15) is 5.75 Å². The summed E-state index contributed by atoms with van der Waals surface area (Å²) in [6.45, 7) is 2.81. The maximum absolute atomic E-state index is 12.8. The highest BCUT2D eigenvalue weighted by Crippen LogP contribution is 2.49. The van der Waals surface area contributed by atoms with Gasteiger partial charge in [-0.2, -0.15) is 0 Å². The first-order chi connectivity index (χ1) is 11.0. The Kier molecular flexibility index (Phi) is 4.04. The van der Waals surface area contributed by atoms with Gasteiger partial charge < -0.3 is 14.7 Å². The number of rotatable bonds is 4. The summed E-state index contributed by atoms with van der Waals surface area (Å²) in [6.07, 6.45) is 2.55. The van der Waals surface area contributed by atoms with Crippen molar-refractivity contribution in [3.05, 3.63) is 29.8 Å². The third-order valence-corrected chi connectivity index (χ3v) is 5.59. The van der Waals surface area contributed by atoms with E-state index >= 15 is 0 Å². The van der Waals surface area contributed by atoms with Crippen molar-refractivity contribution in [3.63, 3.8) is 0 Å². The van der Waals surface area contributed by atoms with E-state index in [0.29, 0.717) is 19.5 Å². The van der Waals surface area contributed by atoms with Gasteiger partial charge in [0.15, 0.2) is 0 Å². The molecule has 1 saturated heterocycles. The molecule has 1 heterocycles. The number of benzene rings is 1. The molecule has 2 aliphatic rings. The molecule has 1 aromatic carbocycles. The van der Waals surface area contributed by atoms with E-state index in [1.807, 2.05) is 31.2 Å². The van der Waals surface area contributed by atoms with Crippen molar-refractivity contribution < 1.29 is 19.4 Å². The summed E-state index contributed by atoms with van der Waals surface area (Å²) < 4.78 is 5.14. The number of likely N-dealkylation sites (tertiary alicyclic amines) is 1. The molecule has 124 valence electrons. The first-order valence-corrected chi connectivity index (χ1v) is 8.14. The molecule has 1 saturated carbocycles. The van der Waals surface area contributed by atoms with Crippen molar-refractivity contribution in [1.82, 2.24) is 4.90 Å². The minimum absolute atomic E-state index is 0.0187. The van der Waals surface area contributed by atoms with Crippen LogP contribution >= 0.6 is 0 Å². The number of aliphatic carboxylic acids is 1. The molecule has 1 N–H and O–H groups in total. The quantitative estimate of drug-likeness (QED) is 0.926. The Balaban J connectivity index is 1.74. The third-order valence-electron chi connectivity index (χ3n) is 5.59. The third kappa shape index (κ3) is 2.58. The molecule has 3 rings (SSSR count). The number of hydrogen-bond donors (Lipinski definition) is 1. The molecule has 1 aliphatic carbocycles. The number of fused-ring (bicyclic) bond motifs is 1. The largest absolute Gasteiger partial charge is 0.497 e. The Morgan fingerprint density at radius 1 is 1.35 bits per heavy atom.